The van der Waals surface area contributed by atoms with Crippen molar-refractivity contribution in [1.82, 2.24) is 4.90 Å². The molecule has 0 saturated carbocycles. The van der Waals surface area contributed by atoms with Crippen LogP contribution in [0.1, 0.15) is 57.9 Å². The van der Waals surface area contributed by atoms with E-state index in [9.17, 15) is 4.79 Å². The third kappa shape index (κ3) is 6.41. The minimum atomic E-state index is -0.461. The number of carbonyl (C=O) groups excluding carboxylic acids is 1. The fourth-order valence-electron chi connectivity index (χ4n) is 3.27. The lowest BCUT2D eigenvalue weighted by molar-refractivity contribution is 0.0566. The molecule has 1 amide bonds. The number of nitrogens with zero attached hydrogens (tertiary/aromatic N) is 2. The normalized spacial score (nSPS) is 18.2. The van der Waals surface area contributed by atoms with Gasteiger partial charge in [-0.3, -0.25) is 0 Å². The van der Waals surface area contributed by atoms with Crippen LogP contribution in [0, 0.1) is 0 Å². The van der Waals surface area contributed by atoms with Gasteiger partial charge in [-0.05, 0) is 43.9 Å². The molecule has 1 unspecified atom stereocenters. The summed E-state index contributed by atoms with van der Waals surface area (Å²) < 4.78 is 5.63. The maximum absolute atomic E-state index is 12.4. The molecule has 1 heterocycles. The van der Waals surface area contributed by atoms with E-state index in [4.69, 9.17) is 4.74 Å². The van der Waals surface area contributed by atoms with Crippen molar-refractivity contribution >= 4 is 11.8 Å². The van der Waals surface area contributed by atoms with Crippen LogP contribution in [-0.4, -0.2) is 42.4 Å². The molecule has 0 aliphatic carbocycles. The molecule has 0 aromatic heterocycles. The third-order valence-corrected chi connectivity index (χ3v) is 4.83. The van der Waals surface area contributed by atoms with E-state index in [2.05, 4.69) is 42.8 Å². The van der Waals surface area contributed by atoms with Crippen LogP contribution in [0.25, 0.3) is 0 Å². The Kier molecular flexibility index (Phi) is 8.56. The Hall–Kier alpha value is -1.94. The molecule has 0 radical (unpaired) electrons. The second-order valence-electron chi connectivity index (χ2n) is 6.90. The lowest BCUT2D eigenvalue weighted by Gasteiger charge is -2.30. The Morgan fingerprint density at radius 2 is 1.96 bits per heavy atom. The average Bonchev–Trinajstić information content (AvgIpc) is 2.67. The van der Waals surface area contributed by atoms with Crippen molar-refractivity contribution in [1.29, 1.82) is 0 Å². The SMILES string of the molecule is CC/C=C\C(=NC(=O)OC1CCN(CCC)CC1)C(C)c1ccccc1. The van der Waals surface area contributed by atoms with Gasteiger partial charge in [0.1, 0.15) is 6.10 Å². The van der Waals surface area contributed by atoms with Gasteiger partial charge in [-0.1, -0.05) is 57.2 Å². The first-order valence-electron chi connectivity index (χ1n) is 9.87. The lowest BCUT2D eigenvalue weighted by Crippen LogP contribution is -2.38. The number of rotatable bonds is 7. The van der Waals surface area contributed by atoms with Crippen molar-refractivity contribution in [2.45, 2.75) is 58.5 Å². The third-order valence-electron chi connectivity index (χ3n) is 4.83. The van der Waals surface area contributed by atoms with E-state index < -0.39 is 6.09 Å². The second kappa shape index (κ2) is 10.9. The summed E-state index contributed by atoms with van der Waals surface area (Å²) in [5, 5.41) is 0. The van der Waals surface area contributed by atoms with Crippen molar-refractivity contribution in [3.8, 4) is 0 Å². The average molecular weight is 357 g/mol. The highest BCUT2D eigenvalue weighted by molar-refractivity contribution is 6.04. The Labute approximate surface area is 158 Å². The number of benzene rings is 1. The fraction of sp³-hybridized carbons (Fsp3) is 0.545. The molecule has 1 saturated heterocycles. The van der Waals surface area contributed by atoms with Gasteiger partial charge in [-0.25, -0.2) is 4.79 Å². The topological polar surface area (TPSA) is 41.9 Å². The number of allylic oxidation sites excluding steroid dienone is 2. The summed E-state index contributed by atoms with van der Waals surface area (Å²) in [4.78, 5) is 19.1. The summed E-state index contributed by atoms with van der Waals surface area (Å²) in [7, 11) is 0. The predicted molar refractivity (Wildman–Crippen MR) is 108 cm³/mol. The smallest absolute Gasteiger partial charge is 0.434 e. The zero-order valence-electron chi connectivity index (χ0n) is 16.4. The molecule has 0 N–H and O–H groups in total. The Morgan fingerprint density at radius 1 is 1.27 bits per heavy atom. The molecule has 2 rings (SSSR count). The summed E-state index contributed by atoms with van der Waals surface area (Å²) in [6, 6.07) is 10.1. The number of hydrogen-bond donors (Lipinski definition) is 0. The maximum atomic E-state index is 12.4. The highest BCUT2D eigenvalue weighted by Gasteiger charge is 2.22. The number of amides is 1. The Morgan fingerprint density at radius 3 is 2.58 bits per heavy atom. The van der Waals surface area contributed by atoms with Crippen molar-refractivity contribution in [2.24, 2.45) is 4.99 Å². The Balaban J connectivity index is 2.00. The molecule has 4 nitrogen and oxygen atoms in total. The number of hydrogen-bond acceptors (Lipinski definition) is 3. The van der Waals surface area contributed by atoms with Crippen LogP contribution in [0.15, 0.2) is 47.5 Å². The van der Waals surface area contributed by atoms with Gasteiger partial charge in [0, 0.05) is 19.0 Å². The minimum absolute atomic E-state index is 0.0113. The zero-order chi connectivity index (χ0) is 18.8. The molecule has 26 heavy (non-hydrogen) atoms. The van der Waals surface area contributed by atoms with Crippen LogP contribution < -0.4 is 0 Å². The van der Waals surface area contributed by atoms with Crippen LogP contribution in [-0.2, 0) is 4.74 Å². The van der Waals surface area contributed by atoms with E-state index in [1.807, 2.05) is 30.4 Å². The van der Waals surface area contributed by atoms with Crippen molar-refractivity contribution in [3.63, 3.8) is 0 Å². The predicted octanol–water partition coefficient (Wildman–Crippen LogP) is 5.21. The summed E-state index contributed by atoms with van der Waals surface area (Å²) in [5.74, 6) is 0.0537. The van der Waals surface area contributed by atoms with Crippen LogP contribution in [0.2, 0.25) is 0 Å². The van der Waals surface area contributed by atoms with Gasteiger partial charge in [-0.2, -0.15) is 4.99 Å². The van der Waals surface area contributed by atoms with Gasteiger partial charge >= 0.3 is 6.09 Å². The van der Waals surface area contributed by atoms with E-state index in [1.165, 1.54) is 6.42 Å². The first-order chi connectivity index (χ1) is 12.6. The molecule has 1 aliphatic rings. The van der Waals surface area contributed by atoms with Gasteiger partial charge in [-0.15, -0.1) is 0 Å². The molecule has 1 fully saturated rings. The standard InChI is InChI=1S/C22H32N2O2/c1-4-6-12-21(18(3)19-10-8-7-9-11-19)23-22(25)26-20-13-16-24(15-5-2)17-14-20/h6-12,18,20H,4-5,13-17H2,1-3H3/b12-6-,23-21?. The zero-order valence-corrected chi connectivity index (χ0v) is 16.4. The molecular weight excluding hydrogens is 324 g/mol. The molecule has 0 spiro atoms. The van der Waals surface area contributed by atoms with E-state index in [-0.39, 0.29) is 12.0 Å². The molecule has 1 aromatic rings. The first-order valence-corrected chi connectivity index (χ1v) is 9.87. The summed E-state index contributed by atoms with van der Waals surface area (Å²) in [5.41, 5.74) is 1.90. The second-order valence-corrected chi connectivity index (χ2v) is 6.90. The first kappa shape index (κ1) is 20.4. The summed E-state index contributed by atoms with van der Waals surface area (Å²) in [6.45, 7) is 9.46. The Bertz CT molecular complexity index is 602. The summed E-state index contributed by atoms with van der Waals surface area (Å²) >= 11 is 0. The van der Waals surface area contributed by atoms with Gasteiger partial charge in [0.15, 0.2) is 0 Å². The van der Waals surface area contributed by atoms with Crippen molar-refractivity contribution < 1.29 is 9.53 Å². The number of ether oxygens (including phenoxy) is 1. The minimum Gasteiger partial charge on any atom is -0.445 e. The number of aliphatic imine (C=N–C) groups is 1. The fourth-order valence-corrected chi connectivity index (χ4v) is 3.27. The van der Waals surface area contributed by atoms with E-state index in [1.54, 1.807) is 0 Å². The molecule has 1 atom stereocenters. The number of piperidine rings is 1. The van der Waals surface area contributed by atoms with Gasteiger partial charge in [0.25, 0.3) is 0 Å². The number of carbonyl (C=O) groups is 1. The van der Waals surface area contributed by atoms with Gasteiger partial charge in [0.2, 0.25) is 0 Å². The van der Waals surface area contributed by atoms with Crippen molar-refractivity contribution in [2.75, 3.05) is 19.6 Å². The van der Waals surface area contributed by atoms with Crippen LogP contribution in [0.4, 0.5) is 4.79 Å². The van der Waals surface area contributed by atoms with E-state index >= 15 is 0 Å². The molecule has 1 aromatic carbocycles. The van der Waals surface area contributed by atoms with Gasteiger partial charge in [0.05, 0.1) is 5.71 Å². The lowest BCUT2D eigenvalue weighted by atomic mass is 9.95. The van der Waals surface area contributed by atoms with E-state index in [0.29, 0.717) is 0 Å². The molecule has 4 heteroatoms. The highest BCUT2D eigenvalue weighted by atomic mass is 16.6. The quantitative estimate of drug-likeness (QED) is 0.630. The molecule has 142 valence electrons. The van der Waals surface area contributed by atoms with Crippen molar-refractivity contribution in [3.05, 3.63) is 48.0 Å². The van der Waals surface area contributed by atoms with Crippen LogP contribution >= 0.6 is 0 Å². The summed E-state index contributed by atoms with van der Waals surface area (Å²) in [6.07, 6.45) is 7.38. The maximum Gasteiger partial charge on any atom is 0.434 e. The molecular formula is C22H32N2O2. The van der Waals surface area contributed by atoms with Crippen LogP contribution in [0.3, 0.4) is 0 Å². The molecule has 1 aliphatic heterocycles. The number of likely N-dealkylation sites (tertiary alicyclic amines) is 1. The molecule has 0 bridgehead atoms. The van der Waals surface area contributed by atoms with E-state index in [0.717, 1.165) is 50.2 Å². The monoisotopic (exact) mass is 356 g/mol. The highest BCUT2D eigenvalue weighted by Crippen LogP contribution is 2.19. The van der Waals surface area contributed by atoms with Crippen LogP contribution in [0.5, 0.6) is 0 Å². The van der Waals surface area contributed by atoms with Gasteiger partial charge < -0.3 is 9.64 Å². The largest absolute Gasteiger partial charge is 0.445 e.